The Morgan fingerprint density at radius 3 is 1.67 bits per heavy atom. The second-order valence-corrected chi connectivity index (χ2v) is 11.7. The molecule has 0 aliphatic carbocycles. The van der Waals surface area contributed by atoms with E-state index in [1.54, 1.807) is 48.5 Å². The van der Waals surface area contributed by atoms with Crippen LogP contribution in [0, 0.1) is 11.3 Å². The van der Waals surface area contributed by atoms with E-state index in [2.05, 4.69) is 19.7 Å². The number of alkyl halides is 9. The number of para-hydroxylation sites is 2. The van der Waals surface area contributed by atoms with Crippen LogP contribution in [0.25, 0.3) is 55.5 Å². The van der Waals surface area contributed by atoms with Gasteiger partial charge in [0.2, 0.25) is 0 Å². The summed E-state index contributed by atoms with van der Waals surface area (Å²) in [7, 11) is 0. The Labute approximate surface area is 290 Å². The highest BCUT2D eigenvalue weighted by Crippen LogP contribution is 2.42. The molecule has 6 aromatic rings. The second-order valence-electron chi connectivity index (χ2n) is 11.7. The number of hydrogen-bond donors (Lipinski definition) is 0. The van der Waals surface area contributed by atoms with Crippen LogP contribution in [0.2, 0.25) is 0 Å². The zero-order valence-corrected chi connectivity index (χ0v) is 26.8. The summed E-state index contributed by atoms with van der Waals surface area (Å²) in [5.74, 6) is 0. The smallest absolute Gasteiger partial charge is 0.314 e. The molecule has 0 fully saturated rings. The van der Waals surface area contributed by atoms with E-state index in [-0.39, 0.29) is 38.8 Å². The summed E-state index contributed by atoms with van der Waals surface area (Å²) in [6.45, 7) is 10.7. The molecule has 3 nitrogen and oxygen atoms in total. The maximum atomic E-state index is 15.1. The minimum atomic E-state index is -5.14. The first-order chi connectivity index (χ1) is 24.4. The first kappa shape index (κ1) is 35.6. The molecule has 0 spiro atoms. The van der Waals surface area contributed by atoms with E-state index in [1.165, 1.54) is 27.3 Å². The van der Waals surface area contributed by atoms with Crippen molar-refractivity contribution in [2.75, 3.05) is 0 Å². The lowest BCUT2D eigenvalue weighted by Crippen LogP contribution is -2.15. The van der Waals surface area contributed by atoms with Gasteiger partial charge in [-0.2, -0.15) is 44.8 Å². The van der Waals surface area contributed by atoms with E-state index in [9.17, 15) is 31.6 Å². The number of nitriles is 1. The molecule has 0 bridgehead atoms. The van der Waals surface area contributed by atoms with Crippen molar-refractivity contribution in [1.82, 2.24) is 9.13 Å². The van der Waals surface area contributed by atoms with Gasteiger partial charge in [-0.15, -0.1) is 0 Å². The van der Waals surface area contributed by atoms with Gasteiger partial charge >= 0.3 is 18.5 Å². The van der Waals surface area contributed by atoms with Crippen molar-refractivity contribution in [3.63, 3.8) is 0 Å². The molecule has 52 heavy (non-hydrogen) atoms. The van der Waals surface area contributed by atoms with Crippen LogP contribution in [-0.2, 0) is 12.4 Å². The van der Waals surface area contributed by atoms with Crippen molar-refractivity contribution in [3.05, 3.63) is 156 Å². The Hall–Kier alpha value is -6.22. The minimum absolute atomic E-state index is 0.0250. The molecule has 0 radical (unpaired) electrons. The van der Waals surface area contributed by atoms with Crippen molar-refractivity contribution < 1.29 is 39.5 Å². The summed E-state index contributed by atoms with van der Waals surface area (Å²) in [5, 5.41) is 10.8. The second kappa shape index (κ2) is 12.8. The summed E-state index contributed by atoms with van der Waals surface area (Å²) in [6.07, 6.45) is -10.8. The Bertz CT molecular complexity index is 2590. The first-order valence-electron chi connectivity index (χ1n) is 15.3. The number of nitrogens with zero attached hydrogens (tertiary/aromatic N) is 3. The van der Waals surface area contributed by atoms with E-state index in [1.807, 2.05) is 0 Å². The fraction of sp³-hybridized carbons (Fsp3) is 0.0750. The molecular weight excluding hydrogens is 693 g/mol. The number of aromatic nitrogens is 2. The molecule has 0 aliphatic rings. The van der Waals surface area contributed by atoms with Crippen LogP contribution in [-0.4, -0.2) is 15.3 Å². The zero-order chi connectivity index (χ0) is 37.7. The van der Waals surface area contributed by atoms with Crippen LogP contribution in [0.1, 0.15) is 11.1 Å². The summed E-state index contributed by atoms with van der Waals surface area (Å²) < 4.78 is 132. The number of fused-ring (bicyclic) bond motifs is 6. The Balaban J connectivity index is 1.79. The summed E-state index contributed by atoms with van der Waals surface area (Å²) in [4.78, 5) is 0. The van der Waals surface area contributed by atoms with Crippen LogP contribution in [0.3, 0.4) is 0 Å². The first-order valence-corrected chi connectivity index (χ1v) is 15.3. The van der Waals surface area contributed by atoms with Crippen LogP contribution in [0.15, 0.2) is 145 Å². The number of benzene rings is 4. The van der Waals surface area contributed by atoms with Crippen LogP contribution in [0.5, 0.6) is 0 Å². The predicted molar refractivity (Wildman–Crippen MR) is 186 cm³/mol. The van der Waals surface area contributed by atoms with E-state index < -0.39 is 40.8 Å². The molecule has 12 heteroatoms. The normalized spacial score (nSPS) is 13.7. The molecule has 2 aromatic heterocycles. The zero-order valence-electron chi connectivity index (χ0n) is 26.8. The highest BCUT2D eigenvalue weighted by atomic mass is 19.4. The van der Waals surface area contributed by atoms with Gasteiger partial charge in [0.05, 0.1) is 56.1 Å². The topological polar surface area (TPSA) is 33.6 Å². The Morgan fingerprint density at radius 2 is 1.13 bits per heavy atom. The maximum Gasteiger partial charge on any atom is 0.417 e. The highest BCUT2D eigenvalue weighted by molar-refractivity contribution is 6.13. The molecule has 6 rings (SSSR count). The molecule has 0 aliphatic heterocycles. The van der Waals surface area contributed by atoms with Gasteiger partial charge in [0.15, 0.2) is 0 Å². The van der Waals surface area contributed by atoms with Crippen molar-refractivity contribution in [1.29, 1.82) is 5.26 Å². The molecule has 262 valence electrons. The van der Waals surface area contributed by atoms with Gasteiger partial charge in [0.25, 0.3) is 0 Å². The third-order valence-electron chi connectivity index (χ3n) is 8.55. The van der Waals surface area contributed by atoms with Gasteiger partial charge in [-0.1, -0.05) is 74.3 Å². The Morgan fingerprint density at radius 1 is 0.635 bits per heavy atom. The molecule has 0 N–H and O–H groups in total. The van der Waals surface area contributed by atoms with E-state index in [4.69, 9.17) is 0 Å². The van der Waals surface area contributed by atoms with E-state index >= 15 is 13.2 Å². The number of allylic oxidation sites excluding steroid dienone is 8. The van der Waals surface area contributed by atoms with Gasteiger partial charge in [-0.3, -0.25) is 0 Å². The fourth-order valence-electron chi connectivity index (χ4n) is 6.10. The summed E-state index contributed by atoms with van der Waals surface area (Å²) >= 11 is 0. The van der Waals surface area contributed by atoms with Crippen LogP contribution >= 0.6 is 0 Å². The molecular formula is C40H24F9N3. The van der Waals surface area contributed by atoms with Gasteiger partial charge in [-0.05, 0) is 59.7 Å². The number of halogens is 9. The van der Waals surface area contributed by atoms with Crippen molar-refractivity contribution in [3.8, 4) is 6.07 Å². The average Bonchev–Trinajstić information content (AvgIpc) is 3.59. The molecule has 0 saturated carbocycles. The third kappa shape index (κ3) is 6.41. The maximum absolute atomic E-state index is 15.1. The summed E-state index contributed by atoms with van der Waals surface area (Å²) in [6, 6.07) is 20.3. The highest BCUT2D eigenvalue weighted by Gasteiger charge is 2.37. The predicted octanol–water partition coefficient (Wildman–Crippen LogP) is 12.6. The quantitative estimate of drug-likeness (QED) is 0.0920. The number of rotatable bonds is 7. The van der Waals surface area contributed by atoms with Crippen LogP contribution in [0.4, 0.5) is 39.5 Å². The van der Waals surface area contributed by atoms with Gasteiger partial charge in [-0.25, -0.2) is 0 Å². The Kier molecular flexibility index (Phi) is 8.79. The van der Waals surface area contributed by atoms with Crippen molar-refractivity contribution >= 4 is 55.5 Å². The van der Waals surface area contributed by atoms with Gasteiger partial charge < -0.3 is 9.13 Å². The monoisotopic (exact) mass is 717 g/mol. The molecule has 0 amide bonds. The van der Waals surface area contributed by atoms with Crippen molar-refractivity contribution in [2.45, 2.75) is 18.5 Å². The largest absolute Gasteiger partial charge is 0.417 e. The molecule has 0 saturated heterocycles. The van der Waals surface area contributed by atoms with Crippen molar-refractivity contribution in [2.24, 2.45) is 0 Å². The van der Waals surface area contributed by atoms with Gasteiger partial charge in [0, 0.05) is 27.7 Å². The fourth-order valence-corrected chi connectivity index (χ4v) is 6.10. The SMILES string of the molecule is C=C/C(C#N)=C\C(=C)C(=C)/C(=C\C(=C\n1c2ccccc2c2ccc(C(F)(F)F)cc21)n1c2ccccc2c2ccc(C(F)(F)F)cc21)C(F)(F)F. The molecule has 0 atom stereocenters. The molecule has 4 aromatic carbocycles. The van der Waals surface area contributed by atoms with Crippen LogP contribution < -0.4 is 0 Å². The standard InChI is InChI=1S/C40H24F9N3/c1-4-25(21-50)17-23(2)24(3)33(40(47,48)49)20-28(52-35-12-8-6-10-30(35)32-16-14-27(19-37(32)52)39(44,45)46)22-51-34-11-7-5-9-29(34)31-15-13-26(18-36(31)51)38(41,42)43/h4-20,22H,1-3H2/b25-17+,28-22-,33-20+. The van der Waals surface area contributed by atoms with Gasteiger partial charge in [0.1, 0.15) is 0 Å². The lowest BCUT2D eigenvalue weighted by Gasteiger charge is -2.18. The summed E-state index contributed by atoms with van der Waals surface area (Å²) in [5.41, 5.74) is -4.59. The van der Waals surface area contributed by atoms with E-state index in [0.717, 1.165) is 42.6 Å². The number of hydrogen-bond acceptors (Lipinski definition) is 1. The minimum Gasteiger partial charge on any atom is -0.314 e. The lowest BCUT2D eigenvalue weighted by molar-refractivity contribution is -0.138. The van der Waals surface area contributed by atoms with E-state index in [0.29, 0.717) is 27.8 Å². The molecule has 2 heterocycles. The lowest BCUT2D eigenvalue weighted by atomic mass is 9.97. The third-order valence-corrected chi connectivity index (χ3v) is 8.55. The average molecular weight is 718 g/mol. The molecule has 0 unspecified atom stereocenters.